The van der Waals surface area contributed by atoms with Gasteiger partial charge in [-0.2, -0.15) is 9.78 Å². The number of fused-ring (bicyclic) bond motifs is 1. The topological polar surface area (TPSA) is 82.4 Å². The average molecular weight is 367 g/mol. The van der Waals surface area contributed by atoms with Crippen LogP contribution in [0.1, 0.15) is 16.9 Å². The van der Waals surface area contributed by atoms with Crippen molar-refractivity contribution in [2.24, 2.45) is 0 Å². The number of hydrogen-bond acceptors (Lipinski definition) is 5. The van der Waals surface area contributed by atoms with Crippen molar-refractivity contribution in [3.05, 3.63) is 64.6 Å². The summed E-state index contributed by atoms with van der Waals surface area (Å²) in [5.41, 5.74) is 0.429. The van der Waals surface area contributed by atoms with Gasteiger partial charge in [-0.15, -0.1) is 0 Å². The monoisotopic (exact) mass is 367 g/mol. The van der Waals surface area contributed by atoms with Gasteiger partial charge in [0.15, 0.2) is 5.69 Å². The third kappa shape index (κ3) is 3.98. The molecule has 0 bridgehead atoms. The van der Waals surface area contributed by atoms with Crippen LogP contribution in [0, 0.1) is 0 Å². The molecule has 0 fully saturated rings. The zero-order valence-corrected chi connectivity index (χ0v) is 15.3. The Morgan fingerprint density at radius 3 is 2.63 bits per heavy atom. The molecule has 1 amide bonds. The molecular weight excluding hydrogens is 346 g/mol. The fourth-order valence-corrected chi connectivity index (χ4v) is 2.78. The van der Waals surface area contributed by atoms with E-state index in [0.717, 1.165) is 0 Å². The maximum Gasteiger partial charge on any atom is 0.279 e. The van der Waals surface area contributed by atoms with E-state index in [1.54, 1.807) is 62.8 Å². The van der Waals surface area contributed by atoms with Crippen LogP contribution in [0.3, 0.4) is 0 Å². The molecule has 0 spiro atoms. The summed E-state index contributed by atoms with van der Waals surface area (Å²) < 4.78 is 11.4. The summed E-state index contributed by atoms with van der Waals surface area (Å²) in [6.45, 7) is 1.01. The van der Waals surface area contributed by atoms with Gasteiger partial charge in [0.25, 0.3) is 11.5 Å². The summed E-state index contributed by atoms with van der Waals surface area (Å²) in [6.07, 6.45) is 0.690. The molecule has 0 radical (unpaired) electrons. The van der Waals surface area contributed by atoms with Gasteiger partial charge in [-0.3, -0.25) is 9.59 Å². The predicted molar refractivity (Wildman–Crippen MR) is 103 cm³/mol. The lowest BCUT2D eigenvalue weighted by atomic mass is 10.1. The SMILES string of the molecule is COCCCNC(=O)c1nn(-c2cccc(OC)c2)c(=O)c2ccccc12. The van der Waals surface area contributed by atoms with Crippen LogP contribution in [0.2, 0.25) is 0 Å². The minimum absolute atomic E-state index is 0.199. The molecule has 0 saturated heterocycles. The highest BCUT2D eigenvalue weighted by Crippen LogP contribution is 2.18. The molecule has 0 atom stereocenters. The molecule has 1 aromatic heterocycles. The Kier molecular flexibility index (Phi) is 5.83. The molecule has 0 aliphatic heterocycles. The summed E-state index contributed by atoms with van der Waals surface area (Å²) >= 11 is 0. The summed E-state index contributed by atoms with van der Waals surface area (Å²) in [5.74, 6) is 0.263. The van der Waals surface area contributed by atoms with E-state index in [1.807, 2.05) is 0 Å². The van der Waals surface area contributed by atoms with Gasteiger partial charge in [0, 0.05) is 31.7 Å². The van der Waals surface area contributed by atoms with Gasteiger partial charge in [0.2, 0.25) is 0 Å². The van der Waals surface area contributed by atoms with Crippen molar-refractivity contribution >= 4 is 16.7 Å². The number of nitrogens with zero attached hydrogens (tertiary/aromatic N) is 2. The number of amides is 1. The van der Waals surface area contributed by atoms with Crippen molar-refractivity contribution in [3.63, 3.8) is 0 Å². The van der Waals surface area contributed by atoms with Crippen molar-refractivity contribution in [1.29, 1.82) is 0 Å². The highest BCUT2D eigenvalue weighted by Gasteiger charge is 2.17. The summed E-state index contributed by atoms with van der Waals surface area (Å²) in [7, 11) is 3.16. The molecule has 0 aliphatic rings. The summed E-state index contributed by atoms with van der Waals surface area (Å²) in [4.78, 5) is 25.6. The van der Waals surface area contributed by atoms with E-state index in [2.05, 4.69) is 10.4 Å². The number of nitrogens with one attached hydrogen (secondary N) is 1. The number of carbonyl (C=O) groups excluding carboxylic acids is 1. The Labute approximate surface area is 156 Å². The van der Waals surface area contributed by atoms with Crippen LogP contribution < -0.4 is 15.6 Å². The van der Waals surface area contributed by atoms with Crippen molar-refractivity contribution in [3.8, 4) is 11.4 Å². The molecule has 1 N–H and O–H groups in total. The maximum absolute atomic E-state index is 12.9. The van der Waals surface area contributed by atoms with Crippen LogP contribution in [0.4, 0.5) is 0 Å². The second-order valence-electron chi connectivity index (χ2n) is 5.91. The van der Waals surface area contributed by atoms with Gasteiger partial charge in [-0.25, -0.2) is 0 Å². The van der Waals surface area contributed by atoms with Crippen molar-refractivity contribution in [1.82, 2.24) is 15.1 Å². The molecule has 0 aliphatic carbocycles. The lowest BCUT2D eigenvalue weighted by molar-refractivity contribution is 0.0944. The Hall–Kier alpha value is -3.19. The molecule has 7 heteroatoms. The second-order valence-corrected chi connectivity index (χ2v) is 5.91. The van der Waals surface area contributed by atoms with E-state index in [0.29, 0.717) is 41.8 Å². The third-order valence-corrected chi connectivity index (χ3v) is 4.13. The van der Waals surface area contributed by atoms with Gasteiger partial charge in [0.05, 0.1) is 18.2 Å². The third-order valence-electron chi connectivity index (χ3n) is 4.13. The lowest BCUT2D eigenvalue weighted by Gasteiger charge is -2.12. The van der Waals surface area contributed by atoms with Crippen LogP contribution in [-0.2, 0) is 4.74 Å². The fourth-order valence-electron chi connectivity index (χ4n) is 2.78. The second kappa shape index (κ2) is 8.46. The zero-order chi connectivity index (χ0) is 19.2. The van der Waals surface area contributed by atoms with E-state index in [9.17, 15) is 9.59 Å². The van der Waals surface area contributed by atoms with Crippen molar-refractivity contribution < 1.29 is 14.3 Å². The zero-order valence-electron chi connectivity index (χ0n) is 15.3. The van der Waals surface area contributed by atoms with Gasteiger partial charge in [-0.1, -0.05) is 24.3 Å². The number of rotatable bonds is 7. The first-order chi connectivity index (χ1) is 13.2. The molecule has 7 nitrogen and oxygen atoms in total. The normalized spacial score (nSPS) is 10.7. The van der Waals surface area contributed by atoms with Crippen molar-refractivity contribution in [2.75, 3.05) is 27.4 Å². The number of carbonyl (C=O) groups is 1. The molecule has 27 heavy (non-hydrogen) atoms. The average Bonchev–Trinajstić information content (AvgIpc) is 2.71. The van der Waals surface area contributed by atoms with E-state index in [1.165, 1.54) is 4.68 Å². The van der Waals surface area contributed by atoms with E-state index in [-0.39, 0.29) is 17.2 Å². The van der Waals surface area contributed by atoms with Crippen LogP contribution in [0.15, 0.2) is 53.3 Å². The van der Waals surface area contributed by atoms with Gasteiger partial charge >= 0.3 is 0 Å². The molecule has 0 unspecified atom stereocenters. The minimum Gasteiger partial charge on any atom is -0.497 e. The molecule has 2 aromatic carbocycles. The number of methoxy groups -OCH3 is 2. The van der Waals surface area contributed by atoms with Gasteiger partial charge in [0.1, 0.15) is 5.75 Å². The minimum atomic E-state index is -0.334. The standard InChI is InChI=1S/C20H21N3O4/c1-26-12-6-11-21-19(24)18-16-9-3-4-10-17(16)20(25)23(22-18)14-7-5-8-15(13-14)27-2/h3-5,7-10,13H,6,11-12H2,1-2H3,(H,21,24). The largest absolute Gasteiger partial charge is 0.497 e. The van der Waals surface area contributed by atoms with Crippen LogP contribution in [0.25, 0.3) is 16.5 Å². The van der Waals surface area contributed by atoms with E-state index >= 15 is 0 Å². The number of hydrogen-bond donors (Lipinski definition) is 1. The van der Waals surface area contributed by atoms with E-state index < -0.39 is 0 Å². The molecule has 0 saturated carbocycles. The van der Waals surface area contributed by atoms with Gasteiger partial charge in [-0.05, 0) is 24.6 Å². The maximum atomic E-state index is 12.9. The first-order valence-electron chi connectivity index (χ1n) is 8.59. The number of ether oxygens (including phenoxy) is 2. The van der Waals surface area contributed by atoms with Crippen LogP contribution in [0.5, 0.6) is 5.75 Å². The van der Waals surface area contributed by atoms with Crippen molar-refractivity contribution in [2.45, 2.75) is 6.42 Å². The molecule has 140 valence electrons. The summed E-state index contributed by atoms with van der Waals surface area (Å²) in [5, 5.41) is 8.12. The lowest BCUT2D eigenvalue weighted by Crippen LogP contribution is -2.30. The Bertz CT molecular complexity index is 1010. The number of benzene rings is 2. The smallest absolute Gasteiger partial charge is 0.279 e. The molecule has 3 aromatic rings. The summed E-state index contributed by atoms with van der Waals surface area (Å²) in [6, 6.07) is 13.9. The van der Waals surface area contributed by atoms with Crippen LogP contribution in [-0.4, -0.2) is 43.1 Å². The van der Waals surface area contributed by atoms with E-state index in [4.69, 9.17) is 9.47 Å². The fraction of sp³-hybridized carbons (Fsp3) is 0.250. The van der Waals surface area contributed by atoms with Crippen LogP contribution >= 0.6 is 0 Å². The molecule has 1 heterocycles. The van der Waals surface area contributed by atoms with Gasteiger partial charge < -0.3 is 14.8 Å². The Balaban J connectivity index is 2.09. The first kappa shape index (κ1) is 18.6. The first-order valence-corrected chi connectivity index (χ1v) is 8.59. The highest BCUT2D eigenvalue weighted by molar-refractivity contribution is 6.04. The Morgan fingerprint density at radius 1 is 1.11 bits per heavy atom. The number of aromatic nitrogens is 2. The predicted octanol–water partition coefficient (Wildman–Crippen LogP) is 2.16. The highest BCUT2D eigenvalue weighted by atomic mass is 16.5. The molecular formula is C20H21N3O4. The molecule has 3 rings (SSSR count). The quantitative estimate of drug-likeness (QED) is 0.647. The Morgan fingerprint density at radius 2 is 1.89 bits per heavy atom.